The van der Waals surface area contributed by atoms with Crippen LogP contribution >= 0.6 is 11.6 Å². The minimum Gasteiger partial charge on any atom is -0.345 e. The molecule has 0 aliphatic rings. The first-order valence-electron chi connectivity index (χ1n) is 11.3. The second-order valence-corrected chi connectivity index (χ2v) is 8.65. The summed E-state index contributed by atoms with van der Waals surface area (Å²) in [6.45, 7) is 4.25. The van der Waals surface area contributed by atoms with Crippen molar-refractivity contribution in [1.82, 2.24) is 9.47 Å². The molecule has 1 heterocycles. The van der Waals surface area contributed by atoms with E-state index >= 15 is 0 Å². The molecule has 0 N–H and O–H groups in total. The second kappa shape index (κ2) is 10.5. The molecule has 3 aromatic carbocycles. The molecular formula is C28H29ClN2O. The van der Waals surface area contributed by atoms with Crippen LogP contribution in [0.5, 0.6) is 0 Å². The van der Waals surface area contributed by atoms with Crippen LogP contribution in [0.25, 0.3) is 10.8 Å². The van der Waals surface area contributed by atoms with Crippen LogP contribution in [0.2, 0.25) is 5.02 Å². The molecule has 0 saturated carbocycles. The van der Waals surface area contributed by atoms with Gasteiger partial charge < -0.3 is 9.47 Å². The molecule has 1 aromatic heterocycles. The SMILES string of the molecule is CCCCCN(Cc1cccn1Cc1cccc(Cl)c1)C(=O)c1cccc2ccccc12. The maximum atomic E-state index is 13.7. The number of unbranched alkanes of at least 4 members (excludes halogenated alkanes) is 2. The highest BCUT2D eigenvalue weighted by molar-refractivity contribution is 6.30. The number of fused-ring (bicyclic) bond motifs is 1. The van der Waals surface area contributed by atoms with E-state index < -0.39 is 0 Å². The number of aromatic nitrogens is 1. The van der Waals surface area contributed by atoms with E-state index in [1.165, 1.54) is 0 Å². The molecule has 3 nitrogen and oxygen atoms in total. The van der Waals surface area contributed by atoms with Gasteiger partial charge in [0.25, 0.3) is 5.91 Å². The minimum atomic E-state index is 0.0911. The molecule has 0 aliphatic heterocycles. The van der Waals surface area contributed by atoms with Crippen LogP contribution in [-0.2, 0) is 13.1 Å². The molecule has 164 valence electrons. The predicted octanol–water partition coefficient (Wildman–Crippen LogP) is 7.18. The molecule has 4 heteroatoms. The van der Waals surface area contributed by atoms with Crippen molar-refractivity contribution in [2.75, 3.05) is 6.54 Å². The van der Waals surface area contributed by atoms with E-state index in [9.17, 15) is 4.79 Å². The maximum Gasteiger partial charge on any atom is 0.254 e. The Morgan fingerprint density at radius 1 is 0.938 bits per heavy atom. The summed E-state index contributed by atoms with van der Waals surface area (Å²) in [5, 5.41) is 2.84. The number of halogens is 1. The molecule has 0 atom stereocenters. The highest BCUT2D eigenvalue weighted by Gasteiger charge is 2.19. The van der Waals surface area contributed by atoms with Gasteiger partial charge in [0.15, 0.2) is 0 Å². The van der Waals surface area contributed by atoms with Crippen molar-refractivity contribution < 1.29 is 4.79 Å². The fourth-order valence-corrected chi connectivity index (χ4v) is 4.38. The third kappa shape index (κ3) is 5.23. The Balaban J connectivity index is 1.60. The van der Waals surface area contributed by atoms with E-state index in [4.69, 9.17) is 11.6 Å². The van der Waals surface area contributed by atoms with Crippen molar-refractivity contribution in [2.45, 2.75) is 39.3 Å². The first-order chi connectivity index (χ1) is 15.7. The van der Waals surface area contributed by atoms with E-state index in [1.54, 1.807) is 0 Å². The number of rotatable bonds is 9. The highest BCUT2D eigenvalue weighted by atomic mass is 35.5. The molecule has 0 aliphatic carbocycles. The molecule has 4 rings (SSSR count). The van der Waals surface area contributed by atoms with E-state index in [0.717, 1.165) is 65.0 Å². The normalized spacial score (nSPS) is 11.1. The van der Waals surface area contributed by atoms with Crippen LogP contribution in [0.3, 0.4) is 0 Å². The number of hydrogen-bond donors (Lipinski definition) is 0. The number of carbonyl (C=O) groups is 1. The molecule has 0 spiro atoms. The minimum absolute atomic E-state index is 0.0911. The van der Waals surface area contributed by atoms with E-state index in [0.29, 0.717) is 6.54 Å². The lowest BCUT2D eigenvalue weighted by molar-refractivity contribution is 0.0738. The Morgan fingerprint density at radius 2 is 1.75 bits per heavy atom. The Labute approximate surface area is 195 Å². The van der Waals surface area contributed by atoms with E-state index in [2.05, 4.69) is 42.0 Å². The first-order valence-corrected chi connectivity index (χ1v) is 11.7. The Hall–Kier alpha value is -3.04. The molecule has 0 unspecified atom stereocenters. The average molecular weight is 445 g/mol. The smallest absolute Gasteiger partial charge is 0.254 e. The standard InChI is InChI=1S/C28H29ClN2O/c1-2-3-6-17-31(28(32)27-16-8-12-23-11-4-5-15-26(23)27)21-25-14-9-18-30(25)20-22-10-7-13-24(29)19-22/h4-5,7-16,18-19H,2-3,6,17,20-21H2,1H3. The fraction of sp³-hybridized carbons (Fsp3) is 0.250. The highest BCUT2D eigenvalue weighted by Crippen LogP contribution is 2.22. The van der Waals surface area contributed by atoms with Crippen molar-refractivity contribution >= 4 is 28.3 Å². The van der Waals surface area contributed by atoms with Gasteiger partial charge in [-0.05, 0) is 53.1 Å². The lowest BCUT2D eigenvalue weighted by Crippen LogP contribution is -2.32. The zero-order valence-corrected chi connectivity index (χ0v) is 19.3. The van der Waals surface area contributed by atoms with Crippen molar-refractivity contribution in [3.8, 4) is 0 Å². The zero-order valence-electron chi connectivity index (χ0n) is 18.5. The van der Waals surface area contributed by atoms with Crippen LogP contribution in [0.4, 0.5) is 0 Å². The van der Waals surface area contributed by atoms with Gasteiger partial charge >= 0.3 is 0 Å². The number of benzene rings is 3. The Kier molecular flexibility index (Phi) is 7.28. The van der Waals surface area contributed by atoms with E-state index in [1.807, 2.05) is 59.5 Å². The van der Waals surface area contributed by atoms with E-state index in [-0.39, 0.29) is 5.91 Å². The van der Waals surface area contributed by atoms with Gasteiger partial charge in [0.1, 0.15) is 0 Å². The van der Waals surface area contributed by atoms with Gasteiger partial charge in [-0.1, -0.05) is 79.9 Å². The molecule has 0 radical (unpaired) electrons. The number of nitrogens with zero attached hydrogens (tertiary/aromatic N) is 2. The van der Waals surface area contributed by atoms with Crippen molar-refractivity contribution in [1.29, 1.82) is 0 Å². The van der Waals surface area contributed by atoms with Crippen molar-refractivity contribution in [3.05, 3.63) is 107 Å². The fourth-order valence-electron chi connectivity index (χ4n) is 4.16. The lowest BCUT2D eigenvalue weighted by Gasteiger charge is -2.24. The van der Waals surface area contributed by atoms with Gasteiger partial charge in [-0.3, -0.25) is 4.79 Å². The second-order valence-electron chi connectivity index (χ2n) is 8.22. The van der Waals surface area contributed by atoms with Crippen LogP contribution < -0.4 is 0 Å². The summed E-state index contributed by atoms with van der Waals surface area (Å²) < 4.78 is 2.20. The summed E-state index contributed by atoms with van der Waals surface area (Å²) in [5.74, 6) is 0.0911. The molecule has 0 bridgehead atoms. The summed E-state index contributed by atoms with van der Waals surface area (Å²) in [7, 11) is 0. The average Bonchev–Trinajstić information content (AvgIpc) is 3.24. The molecule has 0 fully saturated rings. The molecule has 0 saturated heterocycles. The number of hydrogen-bond acceptors (Lipinski definition) is 1. The summed E-state index contributed by atoms with van der Waals surface area (Å²) in [5.41, 5.74) is 3.04. The largest absolute Gasteiger partial charge is 0.345 e. The molecule has 1 amide bonds. The van der Waals surface area contributed by atoms with Crippen molar-refractivity contribution in [3.63, 3.8) is 0 Å². The first kappa shape index (κ1) is 22.2. The van der Waals surface area contributed by atoms with Crippen LogP contribution in [0.15, 0.2) is 85.1 Å². The van der Waals surface area contributed by atoms with Crippen LogP contribution in [-0.4, -0.2) is 21.9 Å². The third-order valence-corrected chi connectivity index (χ3v) is 6.09. The third-order valence-electron chi connectivity index (χ3n) is 5.86. The Bertz CT molecular complexity index is 1190. The van der Waals surface area contributed by atoms with Crippen LogP contribution in [0, 0.1) is 0 Å². The van der Waals surface area contributed by atoms with Gasteiger partial charge in [0.2, 0.25) is 0 Å². The summed E-state index contributed by atoms with van der Waals surface area (Å²) in [6, 6.07) is 26.2. The zero-order chi connectivity index (χ0) is 22.3. The Morgan fingerprint density at radius 3 is 2.59 bits per heavy atom. The number of carbonyl (C=O) groups excluding carboxylic acids is 1. The lowest BCUT2D eigenvalue weighted by atomic mass is 10.0. The summed E-state index contributed by atoms with van der Waals surface area (Å²) >= 11 is 6.18. The van der Waals surface area contributed by atoms with Crippen LogP contribution in [0.1, 0.15) is 47.8 Å². The summed E-state index contributed by atoms with van der Waals surface area (Å²) in [6.07, 6.45) is 5.31. The molecular weight excluding hydrogens is 416 g/mol. The van der Waals surface area contributed by atoms with Gasteiger partial charge in [0.05, 0.1) is 6.54 Å². The topological polar surface area (TPSA) is 25.2 Å². The maximum absolute atomic E-state index is 13.7. The monoisotopic (exact) mass is 444 g/mol. The predicted molar refractivity (Wildman–Crippen MR) is 133 cm³/mol. The summed E-state index contributed by atoms with van der Waals surface area (Å²) in [4.78, 5) is 15.7. The van der Waals surface area contributed by atoms with Gasteiger partial charge in [-0.15, -0.1) is 0 Å². The van der Waals surface area contributed by atoms with Gasteiger partial charge in [0, 0.05) is 35.6 Å². The molecule has 32 heavy (non-hydrogen) atoms. The quantitative estimate of drug-likeness (QED) is 0.251. The molecule has 4 aromatic rings. The van der Waals surface area contributed by atoms with Gasteiger partial charge in [-0.25, -0.2) is 0 Å². The number of amides is 1. The van der Waals surface area contributed by atoms with Gasteiger partial charge in [-0.2, -0.15) is 0 Å². The van der Waals surface area contributed by atoms with Crippen molar-refractivity contribution in [2.24, 2.45) is 0 Å².